The molecule has 10 nitrogen and oxygen atoms in total. The van der Waals surface area contributed by atoms with Crippen molar-refractivity contribution in [1.82, 2.24) is 20.2 Å². The van der Waals surface area contributed by atoms with Crippen LogP contribution in [-0.4, -0.2) is 45.0 Å². The summed E-state index contributed by atoms with van der Waals surface area (Å²) in [5.41, 5.74) is 0.622. The van der Waals surface area contributed by atoms with Gasteiger partial charge in [0.25, 0.3) is 5.56 Å². The summed E-state index contributed by atoms with van der Waals surface area (Å²) in [5, 5.41) is 26.1. The number of halogens is 1. The Balaban J connectivity index is 2.09. The topological polar surface area (TPSA) is 146 Å². The minimum Gasteiger partial charge on any atom is -0.465 e. The van der Waals surface area contributed by atoms with Crippen molar-refractivity contribution in [2.45, 2.75) is 19.4 Å². The summed E-state index contributed by atoms with van der Waals surface area (Å²) in [4.78, 5) is 41.1. The van der Waals surface area contributed by atoms with E-state index in [1.165, 1.54) is 4.57 Å². The molecule has 5 N–H and O–H groups in total. The van der Waals surface area contributed by atoms with Gasteiger partial charge in [-0.25, -0.2) is 14.6 Å². The highest BCUT2D eigenvalue weighted by molar-refractivity contribution is 6.35. The SMILES string of the molecule is CC(NC(=O)O)c1nc2c(Cl)cccc2c(=O)n1-c1cccc(NC(=O)NCCCO)c1. The van der Waals surface area contributed by atoms with Gasteiger partial charge in [-0.2, -0.15) is 0 Å². The lowest BCUT2D eigenvalue weighted by molar-refractivity contribution is 0.190. The van der Waals surface area contributed by atoms with Crippen molar-refractivity contribution in [2.75, 3.05) is 18.5 Å². The van der Waals surface area contributed by atoms with E-state index in [0.29, 0.717) is 24.3 Å². The maximum absolute atomic E-state index is 13.4. The number of nitrogens with one attached hydrogen (secondary N) is 3. The van der Waals surface area contributed by atoms with Crippen LogP contribution in [0, 0.1) is 0 Å². The van der Waals surface area contributed by atoms with Gasteiger partial charge < -0.3 is 26.2 Å². The van der Waals surface area contributed by atoms with Crippen molar-refractivity contribution in [3.05, 3.63) is 63.7 Å². The second-order valence-electron chi connectivity index (χ2n) is 6.93. The van der Waals surface area contributed by atoms with Crippen molar-refractivity contribution in [3.63, 3.8) is 0 Å². The molecule has 2 aromatic carbocycles. The average Bonchev–Trinajstić information content (AvgIpc) is 2.74. The number of hydrogen-bond acceptors (Lipinski definition) is 5. The standard InChI is InChI=1S/C21H22ClN5O5/c1-12(24-21(31)32)18-26-17-15(7-3-8-16(17)22)19(29)27(18)14-6-2-5-13(11-14)25-20(30)23-9-4-10-28/h2-3,5-8,11-12,24,28H,4,9-10H2,1H3,(H,31,32)(H2,23,25,30). The van der Waals surface area contributed by atoms with Gasteiger partial charge in [-0.05, 0) is 43.7 Å². The monoisotopic (exact) mass is 459 g/mol. The van der Waals surface area contributed by atoms with Crippen LogP contribution in [0.15, 0.2) is 47.3 Å². The molecule has 0 fully saturated rings. The molecule has 0 bridgehead atoms. The van der Waals surface area contributed by atoms with E-state index in [0.717, 1.165) is 0 Å². The second kappa shape index (κ2) is 10.1. The number of hydrogen-bond donors (Lipinski definition) is 5. The first-order chi connectivity index (χ1) is 15.3. The van der Waals surface area contributed by atoms with Crippen molar-refractivity contribution in [2.24, 2.45) is 0 Å². The van der Waals surface area contributed by atoms with Crippen LogP contribution in [0.1, 0.15) is 25.2 Å². The molecule has 32 heavy (non-hydrogen) atoms. The molecule has 3 amide bonds. The largest absolute Gasteiger partial charge is 0.465 e. The van der Waals surface area contributed by atoms with Gasteiger partial charge in [0, 0.05) is 18.8 Å². The van der Waals surface area contributed by atoms with E-state index < -0.39 is 23.7 Å². The first-order valence-electron chi connectivity index (χ1n) is 9.78. The number of amides is 3. The number of para-hydroxylation sites is 1. The zero-order valence-corrected chi connectivity index (χ0v) is 17.9. The number of fused-ring (bicyclic) bond motifs is 1. The van der Waals surface area contributed by atoms with Crippen LogP contribution in [0.4, 0.5) is 15.3 Å². The molecule has 0 radical (unpaired) electrons. The fourth-order valence-electron chi connectivity index (χ4n) is 3.16. The molecule has 3 rings (SSSR count). The van der Waals surface area contributed by atoms with Crippen molar-refractivity contribution >= 4 is 40.3 Å². The number of aromatic nitrogens is 2. The first-order valence-corrected chi connectivity index (χ1v) is 10.2. The van der Waals surface area contributed by atoms with E-state index in [-0.39, 0.29) is 28.4 Å². The Hall–Kier alpha value is -3.63. The van der Waals surface area contributed by atoms with Crippen LogP contribution in [0.5, 0.6) is 0 Å². The third-order valence-corrected chi connectivity index (χ3v) is 4.89. The Morgan fingerprint density at radius 3 is 2.69 bits per heavy atom. The molecule has 1 heterocycles. The molecule has 1 unspecified atom stereocenters. The van der Waals surface area contributed by atoms with Gasteiger partial charge >= 0.3 is 12.1 Å². The molecule has 3 aromatic rings. The van der Waals surface area contributed by atoms with E-state index in [1.807, 2.05) is 0 Å². The van der Waals surface area contributed by atoms with Crippen LogP contribution >= 0.6 is 11.6 Å². The summed E-state index contributed by atoms with van der Waals surface area (Å²) >= 11 is 6.23. The predicted molar refractivity (Wildman–Crippen MR) is 121 cm³/mol. The summed E-state index contributed by atoms with van der Waals surface area (Å²) in [5.74, 6) is 0.141. The fourth-order valence-corrected chi connectivity index (χ4v) is 3.38. The van der Waals surface area contributed by atoms with E-state index >= 15 is 0 Å². The Labute approximate surface area is 187 Å². The van der Waals surface area contributed by atoms with Gasteiger partial charge in [-0.1, -0.05) is 23.7 Å². The van der Waals surface area contributed by atoms with Crippen LogP contribution < -0.4 is 21.5 Å². The predicted octanol–water partition coefficient (Wildman–Crippen LogP) is 2.87. The number of carbonyl (C=O) groups excluding carboxylic acids is 1. The van der Waals surface area contributed by atoms with Crippen LogP contribution in [0.25, 0.3) is 16.6 Å². The van der Waals surface area contributed by atoms with E-state index in [1.54, 1.807) is 49.4 Å². The molecule has 1 aromatic heterocycles. The number of carbonyl (C=O) groups is 2. The molecule has 0 saturated heterocycles. The smallest absolute Gasteiger partial charge is 0.405 e. The molecule has 0 aliphatic carbocycles. The molecule has 168 valence electrons. The summed E-state index contributed by atoms with van der Waals surface area (Å²) in [6, 6.07) is 10.0. The number of aliphatic hydroxyl groups excluding tert-OH is 1. The molecule has 1 atom stereocenters. The highest BCUT2D eigenvalue weighted by Gasteiger charge is 2.20. The van der Waals surface area contributed by atoms with Gasteiger partial charge in [0.1, 0.15) is 5.82 Å². The number of benzene rings is 2. The zero-order valence-electron chi connectivity index (χ0n) is 17.1. The van der Waals surface area contributed by atoms with Crippen LogP contribution in [-0.2, 0) is 0 Å². The summed E-state index contributed by atoms with van der Waals surface area (Å²) in [7, 11) is 0. The minimum absolute atomic E-state index is 0.0387. The summed E-state index contributed by atoms with van der Waals surface area (Å²) < 4.78 is 1.29. The molecule has 0 aliphatic heterocycles. The fraction of sp³-hybridized carbons (Fsp3) is 0.238. The van der Waals surface area contributed by atoms with Gasteiger partial charge in [-0.3, -0.25) is 9.36 Å². The van der Waals surface area contributed by atoms with Crippen molar-refractivity contribution < 1.29 is 19.8 Å². The molecule has 11 heteroatoms. The zero-order chi connectivity index (χ0) is 23.3. The van der Waals surface area contributed by atoms with Gasteiger partial charge in [0.15, 0.2) is 0 Å². The first kappa shape index (κ1) is 23.0. The van der Waals surface area contributed by atoms with E-state index in [4.69, 9.17) is 21.8 Å². The van der Waals surface area contributed by atoms with E-state index in [2.05, 4.69) is 20.9 Å². The number of carboxylic acid groups (broad SMARTS) is 1. The van der Waals surface area contributed by atoms with Gasteiger partial charge in [0.2, 0.25) is 0 Å². The normalized spacial score (nSPS) is 11.7. The van der Waals surface area contributed by atoms with Crippen molar-refractivity contribution in [3.8, 4) is 5.69 Å². The Kier molecular flexibility index (Phi) is 7.29. The van der Waals surface area contributed by atoms with E-state index in [9.17, 15) is 14.4 Å². The Morgan fingerprint density at radius 1 is 1.22 bits per heavy atom. The Morgan fingerprint density at radius 2 is 1.97 bits per heavy atom. The average molecular weight is 460 g/mol. The Bertz CT molecular complexity index is 1210. The maximum Gasteiger partial charge on any atom is 0.405 e. The molecule has 0 saturated carbocycles. The number of anilines is 1. The lowest BCUT2D eigenvalue weighted by Gasteiger charge is -2.19. The molecule has 0 spiro atoms. The minimum atomic E-state index is -1.27. The highest BCUT2D eigenvalue weighted by atomic mass is 35.5. The summed E-state index contributed by atoms with van der Waals surface area (Å²) in [6.45, 7) is 1.83. The maximum atomic E-state index is 13.4. The lowest BCUT2D eigenvalue weighted by Crippen LogP contribution is -2.32. The number of nitrogens with zero attached hydrogens (tertiary/aromatic N) is 2. The second-order valence-corrected chi connectivity index (χ2v) is 7.33. The number of urea groups is 1. The lowest BCUT2D eigenvalue weighted by atomic mass is 10.2. The quantitative estimate of drug-likeness (QED) is 0.343. The molecular formula is C21H22ClN5O5. The van der Waals surface area contributed by atoms with Crippen molar-refractivity contribution in [1.29, 1.82) is 0 Å². The third-order valence-electron chi connectivity index (χ3n) is 4.59. The number of rotatable bonds is 7. The van der Waals surface area contributed by atoms with Gasteiger partial charge in [-0.15, -0.1) is 0 Å². The molecule has 0 aliphatic rings. The third kappa shape index (κ3) is 5.16. The summed E-state index contributed by atoms with van der Waals surface area (Å²) in [6.07, 6.45) is -0.848. The number of aliphatic hydroxyl groups is 1. The van der Waals surface area contributed by atoms with Crippen LogP contribution in [0.2, 0.25) is 5.02 Å². The molecular weight excluding hydrogens is 438 g/mol. The highest BCUT2D eigenvalue weighted by Crippen LogP contribution is 2.24. The van der Waals surface area contributed by atoms with Gasteiger partial charge in [0.05, 0.1) is 27.7 Å². The van der Waals surface area contributed by atoms with Crippen LogP contribution in [0.3, 0.4) is 0 Å².